The molecule has 3 N–H and O–H groups in total. The van der Waals surface area contributed by atoms with Gasteiger partial charge in [0.1, 0.15) is 5.54 Å². The number of hydrogen-bond donors (Lipinski definition) is 3. The second kappa shape index (κ2) is 7.75. The number of carbonyl (C=O) groups is 2. The number of amides is 3. The molecular weight excluding hydrogens is 382 g/mol. The van der Waals surface area contributed by atoms with Crippen LogP contribution in [0.2, 0.25) is 0 Å². The van der Waals surface area contributed by atoms with E-state index < -0.39 is 17.3 Å². The van der Waals surface area contributed by atoms with Crippen LogP contribution in [0.1, 0.15) is 32.1 Å². The number of thioether (sulfide) groups is 1. The van der Waals surface area contributed by atoms with Crippen LogP contribution >= 0.6 is 24.0 Å². The standard InChI is InChI=1S/C16H18F2N4O2S2/c17-13(18)26-11-6-4-10(5-7-11)19-14(25)21-22-12(23)16(20-15(22)24)8-2-1-3-9-16/h4-7,13H,1-3,8-9H2,(H,20,24)(H2,19,21,25). The first-order valence-electron chi connectivity index (χ1n) is 8.19. The minimum absolute atomic E-state index is 0.0654. The van der Waals surface area contributed by atoms with Gasteiger partial charge in [0.05, 0.1) is 0 Å². The van der Waals surface area contributed by atoms with Crippen LogP contribution in [-0.2, 0) is 4.79 Å². The SMILES string of the molecule is O=C1NC2(CCCCC2)C(=O)N1NC(=S)Nc1ccc(SC(F)F)cc1. The first-order chi connectivity index (χ1) is 12.4. The molecule has 10 heteroatoms. The molecule has 3 rings (SSSR count). The van der Waals surface area contributed by atoms with Gasteiger partial charge >= 0.3 is 6.03 Å². The van der Waals surface area contributed by atoms with Crippen molar-refractivity contribution in [3.8, 4) is 0 Å². The molecule has 1 heterocycles. The van der Waals surface area contributed by atoms with E-state index in [9.17, 15) is 18.4 Å². The lowest BCUT2D eigenvalue weighted by Crippen LogP contribution is -2.51. The van der Waals surface area contributed by atoms with E-state index in [0.29, 0.717) is 35.2 Å². The van der Waals surface area contributed by atoms with Crippen molar-refractivity contribution < 1.29 is 18.4 Å². The smallest absolute Gasteiger partial charge is 0.331 e. The third kappa shape index (κ3) is 4.07. The number of hydrazine groups is 1. The zero-order valence-electron chi connectivity index (χ0n) is 13.8. The highest BCUT2D eigenvalue weighted by atomic mass is 32.2. The minimum atomic E-state index is -2.48. The average molecular weight is 400 g/mol. The summed E-state index contributed by atoms with van der Waals surface area (Å²) in [6.07, 6.45) is 4.09. The zero-order valence-corrected chi connectivity index (χ0v) is 15.4. The van der Waals surface area contributed by atoms with Crippen molar-refractivity contribution in [2.24, 2.45) is 0 Å². The number of hydrogen-bond acceptors (Lipinski definition) is 4. The van der Waals surface area contributed by atoms with Gasteiger partial charge in [0.2, 0.25) is 0 Å². The van der Waals surface area contributed by atoms with Gasteiger partial charge in [-0.3, -0.25) is 10.2 Å². The van der Waals surface area contributed by atoms with E-state index in [1.807, 2.05) is 0 Å². The quantitative estimate of drug-likeness (QED) is 0.408. The summed E-state index contributed by atoms with van der Waals surface area (Å²) >= 11 is 5.60. The number of carbonyl (C=O) groups excluding carboxylic acids is 2. The van der Waals surface area contributed by atoms with Crippen LogP contribution in [0, 0.1) is 0 Å². The second-order valence-electron chi connectivity index (χ2n) is 6.18. The van der Waals surface area contributed by atoms with Crippen molar-refractivity contribution in [1.29, 1.82) is 0 Å². The molecule has 1 saturated carbocycles. The van der Waals surface area contributed by atoms with Crippen molar-refractivity contribution in [3.63, 3.8) is 0 Å². The fourth-order valence-corrected chi connectivity index (χ4v) is 3.90. The van der Waals surface area contributed by atoms with E-state index in [1.165, 1.54) is 12.1 Å². The van der Waals surface area contributed by atoms with E-state index in [1.54, 1.807) is 12.1 Å². The van der Waals surface area contributed by atoms with Crippen molar-refractivity contribution >= 4 is 46.7 Å². The summed E-state index contributed by atoms with van der Waals surface area (Å²) < 4.78 is 24.6. The second-order valence-corrected chi connectivity index (χ2v) is 7.65. The van der Waals surface area contributed by atoms with E-state index in [2.05, 4.69) is 16.1 Å². The summed E-state index contributed by atoms with van der Waals surface area (Å²) in [5.41, 5.74) is 2.34. The van der Waals surface area contributed by atoms with Gasteiger partial charge in [0, 0.05) is 10.6 Å². The van der Waals surface area contributed by atoms with Crippen LogP contribution in [0.4, 0.5) is 19.3 Å². The Balaban J connectivity index is 1.59. The van der Waals surface area contributed by atoms with Crippen molar-refractivity contribution in [2.45, 2.75) is 48.3 Å². The average Bonchev–Trinajstić information content (AvgIpc) is 2.81. The Labute approximate surface area is 159 Å². The van der Waals surface area contributed by atoms with Crippen LogP contribution in [0.15, 0.2) is 29.2 Å². The van der Waals surface area contributed by atoms with Gasteiger partial charge in [-0.2, -0.15) is 13.8 Å². The van der Waals surface area contributed by atoms with Gasteiger partial charge in [0.15, 0.2) is 5.11 Å². The fourth-order valence-electron chi connectivity index (χ4n) is 3.20. The van der Waals surface area contributed by atoms with Crippen LogP contribution in [0.25, 0.3) is 0 Å². The van der Waals surface area contributed by atoms with Crippen LogP contribution < -0.4 is 16.1 Å². The summed E-state index contributed by atoms with van der Waals surface area (Å²) in [5.74, 6) is -2.81. The van der Waals surface area contributed by atoms with E-state index in [0.717, 1.165) is 24.3 Å². The highest BCUT2D eigenvalue weighted by Gasteiger charge is 2.51. The lowest BCUT2D eigenvalue weighted by Gasteiger charge is -2.30. The largest absolute Gasteiger partial charge is 0.344 e. The van der Waals surface area contributed by atoms with Gasteiger partial charge in [-0.15, -0.1) is 0 Å². The molecule has 26 heavy (non-hydrogen) atoms. The Hall–Kier alpha value is -1.94. The number of anilines is 1. The monoisotopic (exact) mass is 400 g/mol. The van der Waals surface area contributed by atoms with E-state index in [-0.39, 0.29) is 11.0 Å². The highest BCUT2D eigenvalue weighted by molar-refractivity contribution is 7.99. The van der Waals surface area contributed by atoms with Gasteiger partial charge in [-0.1, -0.05) is 31.0 Å². The van der Waals surface area contributed by atoms with Gasteiger partial charge in [0.25, 0.3) is 11.7 Å². The maximum absolute atomic E-state index is 12.6. The molecule has 1 aromatic rings. The molecule has 3 amide bonds. The molecular formula is C16H18F2N4O2S2. The molecule has 1 aromatic carbocycles. The summed E-state index contributed by atoms with van der Waals surface area (Å²) in [6, 6.07) is 5.73. The maximum atomic E-state index is 12.6. The minimum Gasteiger partial charge on any atom is -0.331 e. The fraction of sp³-hybridized carbons (Fsp3) is 0.438. The molecule has 6 nitrogen and oxygen atoms in total. The number of benzene rings is 1. The molecule has 1 aliphatic heterocycles. The first kappa shape index (κ1) is 18.8. The number of alkyl halides is 2. The van der Waals surface area contributed by atoms with Crippen molar-refractivity contribution in [1.82, 2.24) is 15.8 Å². The Kier molecular flexibility index (Phi) is 5.61. The molecule has 0 bridgehead atoms. The molecule has 2 aliphatic rings. The maximum Gasteiger partial charge on any atom is 0.344 e. The number of urea groups is 1. The normalized spacial score (nSPS) is 19.0. The summed E-state index contributed by atoms with van der Waals surface area (Å²) in [4.78, 5) is 25.2. The molecule has 0 aromatic heterocycles. The highest BCUT2D eigenvalue weighted by Crippen LogP contribution is 2.33. The van der Waals surface area contributed by atoms with E-state index in [4.69, 9.17) is 12.2 Å². The molecule has 0 radical (unpaired) electrons. The van der Waals surface area contributed by atoms with Crippen molar-refractivity contribution in [2.75, 3.05) is 5.32 Å². The third-order valence-corrected chi connectivity index (χ3v) is 5.34. The van der Waals surface area contributed by atoms with Gasteiger partial charge in [-0.05, 0) is 49.3 Å². The lowest BCUT2D eigenvalue weighted by atomic mass is 9.82. The predicted octanol–water partition coefficient (Wildman–Crippen LogP) is 3.46. The van der Waals surface area contributed by atoms with Crippen molar-refractivity contribution in [3.05, 3.63) is 24.3 Å². The molecule has 140 valence electrons. The molecule has 1 spiro atoms. The molecule has 0 unspecified atom stereocenters. The summed E-state index contributed by atoms with van der Waals surface area (Å²) in [5, 5.41) is 6.58. The number of thiocarbonyl (C=S) groups is 1. The molecule has 1 saturated heterocycles. The van der Waals surface area contributed by atoms with Crippen LogP contribution in [-0.4, -0.2) is 33.4 Å². The molecule has 1 aliphatic carbocycles. The Morgan fingerprint density at radius 2 is 1.85 bits per heavy atom. The number of nitrogens with one attached hydrogen (secondary N) is 3. The summed E-state index contributed by atoms with van der Waals surface area (Å²) in [6.45, 7) is 0. The lowest BCUT2D eigenvalue weighted by molar-refractivity contribution is -0.133. The number of nitrogens with zero attached hydrogens (tertiary/aromatic N) is 1. The first-order valence-corrected chi connectivity index (χ1v) is 9.48. The van der Waals surface area contributed by atoms with Gasteiger partial charge in [-0.25, -0.2) is 4.79 Å². The number of halogens is 2. The number of imide groups is 1. The number of rotatable bonds is 4. The summed E-state index contributed by atoms with van der Waals surface area (Å²) in [7, 11) is 0. The Morgan fingerprint density at radius 1 is 1.19 bits per heavy atom. The molecule has 0 atom stereocenters. The Morgan fingerprint density at radius 3 is 2.46 bits per heavy atom. The zero-order chi connectivity index (χ0) is 18.7. The Bertz CT molecular complexity index is 709. The van der Waals surface area contributed by atoms with Crippen LogP contribution in [0.3, 0.4) is 0 Å². The van der Waals surface area contributed by atoms with E-state index >= 15 is 0 Å². The predicted molar refractivity (Wildman–Crippen MR) is 98.9 cm³/mol. The van der Waals surface area contributed by atoms with Gasteiger partial charge < -0.3 is 10.6 Å². The van der Waals surface area contributed by atoms with Crippen LogP contribution in [0.5, 0.6) is 0 Å². The molecule has 2 fully saturated rings. The topological polar surface area (TPSA) is 73.5 Å². The third-order valence-electron chi connectivity index (χ3n) is 4.42.